The SMILES string of the molecule is O=S(=O)(Nc1cccc(C#Cc2cccs2)c1)c1cccnc1Cl. The molecule has 0 aliphatic carbocycles. The summed E-state index contributed by atoms with van der Waals surface area (Å²) >= 11 is 7.41. The quantitative estimate of drug-likeness (QED) is 0.557. The Morgan fingerprint density at radius 2 is 1.96 bits per heavy atom. The molecule has 0 spiro atoms. The number of aromatic nitrogens is 1. The summed E-state index contributed by atoms with van der Waals surface area (Å²) < 4.78 is 27.3. The predicted octanol–water partition coefficient (Wildman–Crippen LogP) is 4.00. The number of pyridine rings is 1. The van der Waals surface area contributed by atoms with Crippen LogP contribution in [0.25, 0.3) is 0 Å². The van der Waals surface area contributed by atoms with E-state index in [1.165, 1.54) is 18.3 Å². The van der Waals surface area contributed by atoms with Gasteiger partial charge in [0, 0.05) is 11.8 Å². The molecule has 0 bridgehead atoms. The topological polar surface area (TPSA) is 59.1 Å². The van der Waals surface area contributed by atoms with E-state index in [4.69, 9.17) is 11.6 Å². The first-order chi connectivity index (χ1) is 11.5. The molecule has 0 radical (unpaired) electrons. The third kappa shape index (κ3) is 3.95. The second kappa shape index (κ2) is 7.05. The van der Waals surface area contributed by atoms with Gasteiger partial charge in [-0.25, -0.2) is 13.4 Å². The molecule has 0 atom stereocenters. The number of sulfonamides is 1. The third-order valence-electron chi connectivity index (χ3n) is 2.98. The number of rotatable bonds is 3. The van der Waals surface area contributed by atoms with Crippen LogP contribution in [0.2, 0.25) is 5.15 Å². The highest BCUT2D eigenvalue weighted by atomic mass is 35.5. The highest BCUT2D eigenvalue weighted by Crippen LogP contribution is 2.21. The fraction of sp³-hybridized carbons (Fsp3) is 0. The molecule has 4 nitrogen and oxygen atoms in total. The van der Waals surface area contributed by atoms with Gasteiger partial charge in [-0.3, -0.25) is 4.72 Å². The molecule has 0 aliphatic heterocycles. The lowest BCUT2D eigenvalue weighted by molar-refractivity contribution is 0.601. The van der Waals surface area contributed by atoms with E-state index in [0.717, 1.165) is 4.88 Å². The highest BCUT2D eigenvalue weighted by Gasteiger charge is 2.18. The van der Waals surface area contributed by atoms with Crippen molar-refractivity contribution >= 4 is 38.6 Å². The maximum absolute atomic E-state index is 12.4. The molecule has 1 aromatic carbocycles. The molecule has 3 rings (SSSR count). The fourth-order valence-electron chi connectivity index (χ4n) is 1.93. The first-order valence-electron chi connectivity index (χ1n) is 6.83. The molecule has 0 amide bonds. The van der Waals surface area contributed by atoms with Gasteiger partial charge in [0.25, 0.3) is 10.0 Å². The number of halogens is 1. The van der Waals surface area contributed by atoms with Crippen LogP contribution in [0.15, 0.2) is 65.0 Å². The number of nitrogens with zero attached hydrogens (tertiary/aromatic N) is 1. The normalized spacial score (nSPS) is 10.7. The Hall–Kier alpha value is -2.33. The van der Waals surface area contributed by atoms with Crippen molar-refractivity contribution in [3.8, 4) is 11.8 Å². The average molecular weight is 375 g/mol. The smallest absolute Gasteiger partial charge is 0.264 e. The van der Waals surface area contributed by atoms with Gasteiger partial charge in [0.2, 0.25) is 0 Å². The second-order valence-electron chi connectivity index (χ2n) is 4.71. The Labute approximate surface area is 149 Å². The van der Waals surface area contributed by atoms with Gasteiger partial charge in [-0.2, -0.15) is 0 Å². The standard InChI is InChI=1S/C17H11ClN2O2S2/c18-17-16(7-2-10-19-17)24(21,22)20-14-5-1-4-13(12-14)8-9-15-6-3-11-23-15/h1-7,10-12,20H. The minimum Gasteiger partial charge on any atom is -0.279 e. The van der Waals surface area contributed by atoms with Crippen molar-refractivity contribution in [2.45, 2.75) is 4.90 Å². The molecule has 0 unspecified atom stereocenters. The zero-order valence-corrected chi connectivity index (χ0v) is 14.6. The minimum absolute atomic E-state index is 0.0678. The highest BCUT2D eigenvalue weighted by molar-refractivity contribution is 7.92. The molecule has 7 heteroatoms. The van der Waals surface area contributed by atoms with Crippen LogP contribution < -0.4 is 4.72 Å². The fourth-order valence-corrected chi connectivity index (χ4v) is 4.00. The Kier molecular flexibility index (Phi) is 4.86. The lowest BCUT2D eigenvalue weighted by Gasteiger charge is -2.09. The lowest BCUT2D eigenvalue weighted by atomic mass is 10.2. The van der Waals surface area contributed by atoms with E-state index in [0.29, 0.717) is 11.3 Å². The van der Waals surface area contributed by atoms with Gasteiger partial charge in [0.15, 0.2) is 0 Å². The molecular weight excluding hydrogens is 364 g/mol. The van der Waals surface area contributed by atoms with Gasteiger partial charge in [0.05, 0.1) is 10.6 Å². The molecule has 120 valence electrons. The minimum atomic E-state index is -3.81. The van der Waals surface area contributed by atoms with Crippen molar-refractivity contribution in [3.63, 3.8) is 0 Å². The van der Waals surface area contributed by atoms with E-state index in [2.05, 4.69) is 21.5 Å². The van der Waals surface area contributed by atoms with E-state index < -0.39 is 10.0 Å². The Balaban J connectivity index is 1.86. The molecule has 0 saturated heterocycles. The summed E-state index contributed by atoms with van der Waals surface area (Å²) in [5.41, 5.74) is 1.12. The summed E-state index contributed by atoms with van der Waals surface area (Å²) in [6, 6.07) is 13.6. The number of anilines is 1. The van der Waals surface area contributed by atoms with Crippen LogP contribution in [0.1, 0.15) is 10.4 Å². The third-order valence-corrected chi connectivity index (χ3v) is 5.59. The van der Waals surface area contributed by atoms with Crippen LogP contribution in [0.4, 0.5) is 5.69 Å². The molecule has 1 N–H and O–H groups in total. The maximum atomic E-state index is 12.4. The van der Waals surface area contributed by atoms with Crippen molar-refractivity contribution in [2.75, 3.05) is 4.72 Å². The van der Waals surface area contributed by atoms with Gasteiger partial charge in [-0.1, -0.05) is 35.6 Å². The summed E-state index contributed by atoms with van der Waals surface area (Å²) in [6.07, 6.45) is 1.43. The van der Waals surface area contributed by atoms with Gasteiger partial charge in [-0.05, 0) is 41.8 Å². The molecule has 24 heavy (non-hydrogen) atoms. The van der Waals surface area contributed by atoms with Crippen molar-refractivity contribution in [1.82, 2.24) is 4.98 Å². The molecule has 0 saturated carbocycles. The van der Waals surface area contributed by atoms with Gasteiger partial charge in [-0.15, -0.1) is 11.3 Å². The molecule has 2 heterocycles. The monoisotopic (exact) mass is 374 g/mol. The van der Waals surface area contributed by atoms with Crippen molar-refractivity contribution < 1.29 is 8.42 Å². The summed E-state index contributed by atoms with van der Waals surface area (Å²) in [6.45, 7) is 0. The number of hydrogen-bond donors (Lipinski definition) is 1. The van der Waals surface area contributed by atoms with E-state index in [1.54, 1.807) is 29.5 Å². The van der Waals surface area contributed by atoms with Crippen LogP contribution in [0, 0.1) is 11.8 Å². The van der Waals surface area contributed by atoms with Crippen LogP contribution in [-0.2, 0) is 10.0 Å². The zero-order valence-electron chi connectivity index (χ0n) is 12.2. The number of thiophene rings is 1. The predicted molar refractivity (Wildman–Crippen MR) is 96.8 cm³/mol. The Morgan fingerprint density at radius 3 is 2.71 bits per heavy atom. The number of hydrogen-bond acceptors (Lipinski definition) is 4. The van der Waals surface area contributed by atoms with Crippen molar-refractivity contribution in [3.05, 3.63) is 75.7 Å². The lowest BCUT2D eigenvalue weighted by Crippen LogP contribution is -2.13. The van der Waals surface area contributed by atoms with Gasteiger partial charge in [0.1, 0.15) is 10.0 Å². The van der Waals surface area contributed by atoms with E-state index in [9.17, 15) is 8.42 Å². The molecule has 3 aromatic rings. The summed E-state index contributed by atoms with van der Waals surface area (Å²) in [4.78, 5) is 4.67. The number of benzene rings is 1. The molecule has 2 aromatic heterocycles. The van der Waals surface area contributed by atoms with E-state index in [-0.39, 0.29) is 10.0 Å². The average Bonchev–Trinajstić information content (AvgIpc) is 3.06. The number of nitrogens with one attached hydrogen (secondary N) is 1. The summed E-state index contributed by atoms with van der Waals surface area (Å²) in [7, 11) is -3.81. The van der Waals surface area contributed by atoms with Gasteiger partial charge < -0.3 is 0 Å². The van der Waals surface area contributed by atoms with Crippen molar-refractivity contribution in [1.29, 1.82) is 0 Å². The Morgan fingerprint density at radius 1 is 1.08 bits per heavy atom. The van der Waals surface area contributed by atoms with Crippen LogP contribution >= 0.6 is 22.9 Å². The van der Waals surface area contributed by atoms with Crippen molar-refractivity contribution in [2.24, 2.45) is 0 Å². The van der Waals surface area contributed by atoms with Crippen LogP contribution in [0.5, 0.6) is 0 Å². The molecular formula is C17H11ClN2O2S2. The summed E-state index contributed by atoms with van der Waals surface area (Å²) in [5, 5.41) is 1.88. The van der Waals surface area contributed by atoms with Crippen LogP contribution in [0.3, 0.4) is 0 Å². The van der Waals surface area contributed by atoms with Gasteiger partial charge >= 0.3 is 0 Å². The second-order valence-corrected chi connectivity index (χ2v) is 7.66. The van der Waals surface area contributed by atoms with E-state index in [1.807, 2.05) is 23.6 Å². The summed E-state index contributed by atoms with van der Waals surface area (Å²) in [5.74, 6) is 6.04. The largest absolute Gasteiger partial charge is 0.279 e. The Bertz CT molecular complexity index is 1020. The first-order valence-corrected chi connectivity index (χ1v) is 9.58. The molecule has 0 aliphatic rings. The van der Waals surface area contributed by atoms with E-state index >= 15 is 0 Å². The maximum Gasteiger partial charge on any atom is 0.264 e. The molecule has 0 fully saturated rings. The van der Waals surface area contributed by atoms with Crippen LogP contribution in [-0.4, -0.2) is 13.4 Å². The first kappa shape index (κ1) is 16.5. The zero-order chi connectivity index (χ0) is 17.0.